The zero-order chi connectivity index (χ0) is 14.5. The lowest BCUT2D eigenvalue weighted by Gasteiger charge is -2.07. The number of carbonyl (C=O) groups is 1. The molecular weight excluding hydrogens is 284 g/mol. The summed E-state index contributed by atoms with van der Waals surface area (Å²) in [6.07, 6.45) is 5.04. The number of imidazole rings is 1. The molecule has 1 aromatic carbocycles. The van der Waals surface area contributed by atoms with Gasteiger partial charge in [0.25, 0.3) is 11.6 Å². The lowest BCUT2D eigenvalue weighted by atomic mass is 10.2. The van der Waals surface area contributed by atoms with Gasteiger partial charge in [-0.15, -0.1) is 0 Å². The minimum absolute atomic E-state index is 0.0893. The van der Waals surface area contributed by atoms with E-state index in [0.717, 1.165) is 0 Å². The van der Waals surface area contributed by atoms with E-state index in [2.05, 4.69) is 10.3 Å². The Morgan fingerprint density at radius 3 is 2.95 bits per heavy atom. The molecule has 0 aliphatic rings. The molecule has 1 N–H and O–H groups in total. The summed E-state index contributed by atoms with van der Waals surface area (Å²) in [7, 11) is 0. The van der Waals surface area contributed by atoms with Crippen LogP contribution in [0.1, 0.15) is 10.4 Å². The second-order valence-electron chi connectivity index (χ2n) is 3.95. The molecule has 0 aliphatic carbocycles. The molecule has 0 saturated heterocycles. The van der Waals surface area contributed by atoms with Crippen LogP contribution in [0.15, 0.2) is 36.9 Å². The molecule has 1 amide bonds. The van der Waals surface area contributed by atoms with Crippen LogP contribution in [-0.2, 0) is 6.54 Å². The quantitative estimate of drug-likeness (QED) is 0.673. The predicted octanol–water partition coefficient (Wildman–Crippen LogP) is 1.87. The largest absolute Gasteiger partial charge is 0.350 e. The van der Waals surface area contributed by atoms with Crippen molar-refractivity contribution >= 4 is 23.2 Å². The number of benzene rings is 1. The van der Waals surface area contributed by atoms with Crippen LogP contribution in [0.3, 0.4) is 0 Å². The maximum Gasteiger partial charge on any atom is 0.288 e. The van der Waals surface area contributed by atoms with Gasteiger partial charge < -0.3 is 9.88 Å². The lowest BCUT2D eigenvalue weighted by molar-refractivity contribution is -0.384. The van der Waals surface area contributed by atoms with Crippen LogP contribution in [0.4, 0.5) is 5.69 Å². The fourth-order valence-corrected chi connectivity index (χ4v) is 1.93. The predicted molar refractivity (Wildman–Crippen MR) is 72.7 cm³/mol. The molecule has 0 radical (unpaired) electrons. The first kappa shape index (κ1) is 14.0. The highest BCUT2D eigenvalue weighted by molar-refractivity contribution is 6.35. The average molecular weight is 295 g/mol. The molecule has 0 atom stereocenters. The van der Waals surface area contributed by atoms with Crippen molar-refractivity contribution in [2.24, 2.45) is 0 Å². The Morgan fingerprint density at radius 1 is 1.50 bits per heavy atom. The van der Waals surface area contributed by atoms with Gasteiger partial charge in [-0.1, -0.05) is 17.7 Å². The Kier molecular flexibility index (Phi) is 4.31. The van der Waals surface area contributed by atoms with Crippen molar-refractivity contribution in [1.82, 2.24) is 14.9 Å². The second kappa shape index (κ2) is 6.16. The molecule has 7 nitrogen and oxygen atoms in total. The number of carbonyl (C=O) groups excluding carboxylic acids is 1. The summed E-state index contributed by atoms with van der Waals surface area (Å²) in [6.45, 7) is 0.923. The standard InChI is InChI=1S/C12H11ClN4O3/c13-11-9(2-1-3-10(11)17(19)20)12(18)15-5-7-16-6-4-14-8-16/h1-4,6,8H,5,7H2,(H,15,18). The van der Waals surface area contributed by atoms with Crippen LogP contribution in [0.2, 0.25) is 5.02 Å². The van der Waals surface area contributed by atoms with Crippen LogP contribution in [0.5, 0.6) is 0 Å². The van der Waals surface area contributed by atoms with E-state index in [4.69, 9.17) is 11.6 Å². The first-order valence-electron chi connectivity index (χ1n) is 5.76. The molecule has 0 fully saturated rings. The average Bonchev–Trinajstić information content (AvgIpc) is 2.91. The monoisotopic (exact) mass is 294 g/mol. The molecule has 2 aromatic rings. The molecule has 8 heteroatoms. The van der Waals surface area contributed by atoms with Gasteiger partial charge >= 0.3 is 0 Å². The van der Waals surface area contributed by atoms with Crippen LogP contribution in [0.25, 0.3) is 0 Å². The number of nitro benzene ring substituents is 1. The van der Waals surface area contributed by atoms with Crippen molar-refractivity contribution in [3.8, 4) is 0 Å². The third-order valence-corrected chi connectivity index (χ3v) is 3.03. The Bertz CT molecular complexity index is 628. The first-order valence-corrected chi connectivity index (χ1v) is 6.14. The van der Waals surface area contributed by atoms with E-state index in [1.807, 2.05) is 0 Å². The van der Waals surface area contributed by atoms with E-state index < -0.39 is 10.8 Å². The third kappa shape index (κ3) is 3.12. The van der Waals surface area contributed by atoms with E-state index in [0.29, 0.717) is 13.1 Å². The number of aromatic nitrogens is 2. The number of nitro groups is 1. The third-order valence-electron chi connectivity index (χ3n) is 2.63. The summed E-state index contributed by atoms with van der Waals surface area (Å²) < 4.78 is 1.80. The van der Waals surface area contributed by atoms with Crippen LogP contribution < -0.4 is 5.32 Å². The molecule has 20 heavy (non-hydrogen) atoms. The van der Waals surface area contributed by atoms with Crippen molar-refractivity contribution in [2.45, 2.75) is 6.54 Å². The highest BCUT2D eigenvalue weighted by Gasteiger charge is 2.19. The van der Waals surface area contributed by atoms with Gasteiger partial charge in [-0.25, -0.2) is 4.98 Å². The summed E-state index contributed by atoms with van der Waals surface area (Å²) in [6, 6.07) is 4.13. The van der Waals surface area contributed by atoms with E-state index >= 15 is 0 Å². The SMILES string of the molecule is O=C(NCCn1ccnc1)c1cccc([N+](=O)[O-])c1Cl. The minimum atomic E-state index is -0.620. The van der Waals surface area contributed by atoms with Crippen LogP contribution in [0, 0.1) is 10.1 Å². The molecule has 0 unspecified atom stereocenters. The van der Waals surface area contributed by atoms with Gasteiger partial charge in [-0.3, -0.25) is 14.9 Å². The highest BCUT2D eigenvalue weighted by Crippen LogP contribution is 2.27. The molecule has 1 heterocycles. The molecule has 0 aliphatic heterocycles. The van der Waals surface area contributed by atoms with Crippen molar-refractivity contribution < 1.29 is 9.72 Å². The highest BCUT2D eigenvalue weighted by atomic mass is 35.5. The molecule has 0 bridgehead atoms. The Labute approximate surface area is 119 Å². The van der Waals surface area contributed by atoms with Gasteiger partial charge in [-0.2, -0.15) is 0 Å². The van der Waals surface area contributed by atoms with Gasteiger partial charge in [0.1, 0.15) is 5.02 Å². The van der Waals surface area contributed by atoms with Gasteiger partial charge in [-0.05, 0) is 6.07 Å². The normalized spacial score (nSPS) is 10.2. The fraction of sp³-hybridized carbons (Fsp3) is 0.167. The van der Waals surface area contributed by atoms with Gasteiger partial charge in [0.15, 0.2) is 0 Å². The first-order chi connectivity index (χ1) is 9.59. The second-order valence-corrected chi connectivity index (χ2v) is 4.33. The van der Waals surface area contributed by atoms with E-state index in [9.17, 15) is 14.9 Å². The van der Waals surface area contributed by atoms with Crippen molar-refractivity contribution in [1.29, 1.82) is 0 Å². The van der Waals surface area contributed by atoms with Gasteiger partial charge in [0, 0.05) is 31.5 Å². The number of nitrogens with one attached hydrogen (secondary N) is 1. The topological polar surface area (TPSA) is 90.1 Å². The Morgan fingerprint density at radius 2 is 2.30 bits per heavy atom. The summed E-state index contributed by atoms with van der Waals surface area (Å²) >= 11 is 5.86. The smallest absolute Gasteiger partial charge is 0.288 e. The zero-order valence-electron chi connectivity index (χ0n) is 10.3. The zero-order valence-corrected chi connectivity index (χ0v) is 11.1. The van der Waals surface area contributed by atoms with E-state index in [1.54, 1.807) is 23.3 Å². The van der Waals surface area contributed by atoms with E-state index in [-0.39, 0.29) is 16.3 Å². The molecule has 104 valence electrons. The number of nitrogens with zero attached hydrogens (tertiary/aromatic N) is 3. The number of amides is 1. The molecule has 0 saturated carbocycles. The summed E-state index contributed by atoms with van der Waals surface area (Å²) in [5, 5.41) is 13.2. The van der Waals surface area contributed by atoms with Gasteiger partial charge in [0.2, 0.25) is 0 Å². The van der Waals surface area contributed by atoms with Gasteiger partial charge in [0.05, 0.1) is 16.8 Å². The maximum atomic E-state index is 11.9. The molecule has 1 aromatic heterocycles. The molecule has 2 rings (SSSR count). The number of rotatable bonds is 5. The van der Waals surface area contributed by atoms with Crippen molar-refractivity contribution in [2.75, 3.05) is 6.54 Å². The molecule has 0 spiro atoms. The number of halogens is 1. The van der Waals surface area contributed by atoms with Crippen molar-refractivity contribution in [3.63, 3.8) is 0 Å². The lowest BCUT2D eigenvalue weighted by Crippen LogP contribution is -2.27. The molecular formula is C12H11ClN4O3. The fourth-order valence-electron chi connectivity index (χ4n) is 1.65. The number of hydrogen-bond donors (Lipinski definition) is 1. The van der Waals surface area contributed by atoms with Crippen LogP contribution >= 0.6 is 11.6 Å². The maximum absolute atomic E-state index is 11.9. The van der Waals surface area contributed by atoms with Crippen LogP contribution in [-0.4, -0.2) is 26.9 Å². The number of hydrogen-bond acceptors (Lipinski definition) is 4. The van der Waals surface area contributed by atoms with Crippen molar-refractivity contribution in [3.05, 3.63) is 57.6 Å². The van der Waals surface area contributed by atoms with E-state index in [1.165, 1.54) is 18.2 Å². The Hall–Kier alpha value is -2.41. The summed E-state index contributed by atoms with van der Waals surface area (Å²) in [5.74, 6) is -0.446. The Balaban J connectivity index is 2.02. The summed E-state index contributed by atoms with van der Waals surface area (Å²) in [4.78, 5) is 25.9. The summed E-state index contributed by atoms with van der Waals surface area (Å²) in [5.41, 5.74) is -0.194. The minimum Gasteiger partial charge on any atom is -0.350 e.